The molecular weight excluding hydrogens is 398 g/mol. The molecule has 0 saturated carbocycles. The predicted molar refractivity (Wildman–Crippen MR) is 127 cm³/mol. The Hall–Kier alpha value is -3.25. The number of ether oxygens (including phenoxy) is 1. The molecule has 164 valence electrons. The number of benzene rings is 2. The smallest absolute Gasteiger partial charge is 0.162 e. The first-order chi connectivity index (χ1) is 15.6. The van der Waals surface area contributed by atoms with E-state index in [0.717, 1.165) is 59.0 Å². The molecular formula is C26H29N5O. The number of aryl methyl sites for hydroxylation is 1. The molecule has 1 aliphatic heterocycles. The van der Waals surface area contributed by atoms with E-state index in [-0.39, 0.29) is 0 Å². The summed E-state index contributed by atoms with van der Waals surface area (Å²) in [6.07, 6.45) is 3.95. The van der Waals surface area contributed by atoms with Crippen molar-refractivity contribution in [1.82, 2.24) is 24.6 Å². The van der Waals surface area contributed by atoms with E-state index in [4.69, 9.17) is 9.84 Å². The Kier molecular flexibility index (Phi) is 5.62. The Bertz CT molecular complexity index is 1200. The molecule has 0 aliphatic carbocycles. The summed E-state index contributed by atoms with van der Waals surface area (Å²) in [6.45, 7) is 8.71. The molecule has 6 nitrogen and oxygen atoms in total. The predicted octanol–water partition coefficient (Wildman–Crippen LogP) is 5.64. The maximum absolute atomic E-state index is 5.96. The highest BCUT2D eigenvalue weighted by Gasteiger charge is 2.27. The number of aromatic nitrogens is 4. The van der Waals surface area contributed by atoms with E-state index in [1.807, 2.05) is 49.4 Å². The molecule has 2 aromatic heterocycles. The topological polar surface area (TPSA) is 56.1 Å². The number of hydrogen-bond acceptors (Lipinski definition) is 5. The van der Waals surface area contributed by atoms with Crippen LogP contribution in [0.3, 0.4) is 0 Å². The highest BCUT2D eigenvalue weighted by atomic mass is 16.5. The Morgan fingerprint density at radius 2 is 1.72 bits per heavy atom. The monoisotopic (exact) mass is 427 g/mol. The molecule has 0 unspecified atom stereocenters. The van der Waals surface area contributed by atoms with Gasteiger partial charge in [0.2, 0.25) is 0 Å². The quantitative estimate of drug-likeness (QED) is 0.413. The van der Waals surface area contributed by atoms with Crippen molar-refractivity contribution in [2.75, 3.05) is 13.1 Å². The van der Waals surface area contributed by atoms with Crippen molar-refractivity contribution < 1.29 is 4.74 Å². The van der Waals surface area contributed by atoms with E-state index in [1.165, 1.54) is 6.42 Å². The summed E-state index contributed by atoms with van der Waals surface area (Å²) in [6, 6.07) is 18.8. The van der Waals surface area contributed by atoms with Gasteiger partial charge in [0.15, 0.2) is 5.65 Å². The van der Waals surface area contributed by atoms with Crippen LogP contribution in [-0.4, -0.2) is 43.8 Å². The largest absolute Gasteiger partial charge is 0.457 e. The third kappa shape index (κ3) is 3.98. The summed E-state index contributed by atoms with van der Waals surface area (Å²) in [5, 5.41) is 6.13. The molecule has 6 heteroatoms. The average molecular weight is 428 g/mol. The molecule has 1 atom stereocenters. The maximum atomic E-state index is 5.96. The minimum atomic E-state index is 0.317. The van der Waals surface area contributed by atoms with Crippen molar-refractivity contribution in [3.63, 3.8) is 0 Å². The molecule has 5 rings (SSSR count). The zero-order valence-electron chi connectivity index (χ0n) is 18.9. The van der Waals surface area contributed by atoms with Crippen LogP contribution in [-0.2, 0) is 0 Å². The molecule has 1 saturated heterocycles. The lowest BCUT2D eigenvalue weighted by molar-refractivity contribution is 0.139. The molecule has 4 aromatic rings. The van der Waals surface area contributed by atoms with Crippen molar-refractivity contribution in [3.05, 3.63) is 66.6 Å². The molecule has 0 bridgehead atoms. The molecule has 2 aromatic carbocycles. The van der Waals surface area contributed by atoms with Gasteiger partial charge in [0.1, 0.15) is 23.5 Å². The van der Waals surface area contributed by atoms with Crippen molar-refractivity contribution in [2.24, 2.45) is 0 Å². The van der Waals surface area contributed by atoms with Crippen LogP contribution < -0.4 is 4.74 Å². The third-order valence-electron chi connectivity index (χ3n) is 6.29. The molecule has 0 N–H and O–H groups in total. The van der Waals surface area contributed by atoms with Gasteiger partial charge in [-0.2, -0.15) is 5.10 Å². The van der Waals surface area contributed by atoms with E-state index < -0.39 is 0 Å². The lowest BCUT2D eigenvalue weighted by Crippen LogP contribution is -2.41. The van der Waals surface area contributed by atoms with E-state index >= 15 is 0 Å². The Balaban J connectivity index is 1.50. The standard InChI is InChI=1S/C26H29N5O/c1-18(2)30-15-7-8-21(16-30)31-26-24(19(3)27-17-28-26)25(29-31)20-11-13-23(14-12-20)32-22-9-5-4-6-10-22/h4-6,9-14,17-18,21H,7-8,15-16H2,1-3H3/t21-/m1/s1. The number of nitrogens with zero attached hydrogens (tertiary/aromatic N) is 5. The molecule has 32 heavy (non-hydrogen) atoms. The second kappa shape index (κ2) is 8.71. The SMILES string of the molecule is Cc1ncnc2c1c(-c1ccc(Oc3ccccc3)cc1)nn2[C@@H]1CCCN(C(C)C)C1. The Labute approximate surface area is 188 Å². The van der Waals surface area contributed by atoms with E-state index in [9.17, 15) is 0 Å². The van der Waals surface area contributed by atoms with Crippen molar-refractivity contribution in [1.29, 1.82) is 0 Å². The fraction of sp³-hybridized carbons (Fsp3) is 0.346. The van der Waals surface area contributed by atoms with Gasteiger partial charge in [-0.1, -0.05) is 18.2 Å². The Morgan fingerprint density at radius 1 is 0.969 bits per heavy atom. The summed E-state index contributed by atoms with van der Waals surface area (Å²) < 4.78 is 8.10. The fourth-order valence-electron chi connectivity index (χ4n) is 4.53. The van der Waals surface area contributed by atoms with Gasteiger partial charge in [-0.25, -0.2) is 14.6 Å². The number of likely N-dealkylation sites (tertiary alicyclic amines) is 1. The van der Waals surface area contributed by atoms with Crippen LogP contribution in [0.15, 0.2) is 60.9 Å². The van der Waals surface area contributed by atoms with Crippen LogP contribution in [0, 0.1) is 6.92 Å². The van der Waals surface area contributed by atoms with E-state index in [1.54, 1.807) is 6.33 Å². The lowest BCUT2D eigenvalue weighted by Gasteiger charge is -2.35. The van der Waals surface area contributed by atoms with Crippen LogP contribution in [0.25, 0.3) is 22.3 Å². The van der Waals surface area contributed by atoms with Crippen molar-refractivity contribution >= 4 is 11.0 Å². The number of para-hydroxylation sites is 1. The normalized spacial score (nSPS) is 17.2. The zero-order valence-corrected chi connectivity index (χ0v) is 18.9. The summed E-state index contributed by atoms with van der Waals surface area (Å²) >= 11 is 0. The Morgan fingerprint density at radius 3 is 2.47 bits per heavy atom. The van der Waals surface area contributed by atoms with E-state index in [2.05, 4.69) is 45.5 Å². The van der Waals surface area contributed by atoms with Gasteiger partial charge in [0.05, 0.1) is 17.1 Å². The summed E-state index contributed by atoms with van der Waals surface area (Å²) in [4.78, 5) is 11.7. The van der Waals surface area contributed by atoms with Crippen molar-refractivity contribution in [3.8, 4) is 22.8 Å². The first kappa shape index (κ1) is 20.6. The number of piperidine rings is 1. The fourth-order valence-corrected chi connectivity index (χ4v) is 4.53. The summed E-state index contributed by atoms with van der Waals surface area (Å²) in [5.74, 6) is 1.63. The molecule has 0 radical (unpaired) electrons. The number of rotatable bonds is 5. The van der Waals surface area contributed by atoms with E-state index in [0.29, 0.717) is 12.1 Å². The highest BCUT2D eigenvalue weighted by molar-refractivity contribution is 5.93. The zero-order chi connectivity index (χ0) is 22.1. The van der Waals surface area contributed by atoms with Crippen LogP contribution in [0.1, 0.15) is 38.4 Å². The number of hydrogen-bond donors (Lipinski definition) is 0. The van der Waals surface area contributed by atoms with Gasteiger partial charge in [-0.05, 0) is 76.6 Å². The average Bonchev–Trinajstić information content (AvgIpc) is 3.21. The molecule has 1 fully saturated rings. The molecule has 0 amide bonds. The van der Waals surface area contributed by atoms with Gasteiger partial charge >= 0.3 is 0 Å². The second-order valence-corrected chi connectivity index (χ2v) is 8.78. The lowest BCUT2D eigenvalue weighted by atomic mass is 10.0. The van der Waals surface area contributed by atoms with Gasteiger partial charge in [0.25, 0.3) is 0 Å². The second-order valence-electron chi connectivity index (χ2n) is 8.78. The van der Waals surface area contributed by atoms with Gasteiger partial charge in [-0.3, -0.25) is 4.90 Å². The third-order valence-corrected chi connectivity index (χ3v) is 6.29. The first-order valence-corrected chi connectivity index (χ1v) is 11.4. The van der Waals surface area contributed by atoms with Crippen LogP contribution in [0.4, 0.5) is 0 Å². The van der Waals surface area contributed by atoms with Gasteiger partial charge < -0.3 is 4.74 Å². The molecule has 0 spiro atoms. The van der Waals surface area contributed by atoms with Crippen LogP contribution in [0.5, 0.6) is 11.5 Å². The van der Waals surface area contributed by atoms with Gasteiger partial charge in [0, 0.05) is 18.2 Å². The van der Waals surface area contributed by atoms with Gasteiger partial charge in [-0.15, -0.1) is 0 Å². The van der Waals surface area contributed by atoms with Crippen LogP contribution in [0.2, 0.25) is 0 Å². The van der Waals surface area contributed by atoms with Crippen LogP contribution >= 0.6 is 0 Å². The minimum Gasteiger partial charge on any atom is -0.457 e. The molecule has 3 heterocycles. The van der Waals surface area contributed by atoms with Crippen molar-refractivity contribution in [2.45, 2.75) is 45.7 Å². The summed E-state index contributed by atoms with van der Waals surface area (Å²) in [5.41, 5.74) is 3.86. The minimum absolute atomic E-state index is 0.317. The highest BCUT2D eigenvalue weighted by Crippen LogP contribution is 2.34. The summed E-state index contributed by atoms with van der Waals surface area (Å²) in [7, 11) is 0. The maximum Gasteiger partial charge on any atom is 0.162 e. The number of fused-ring (bicyclic) bond motifs is 1. The molecule has 1 aliphatic rings. The first-order valence-electron chi connectivity index (χ1n) is 11.4.